The fourth-order valence-electron chi connectivity index (χ4n) is 2.16. The summed E-state index contributed by atoms with van der Waals surface area (Å²) in [6.07, 6.45) is 2.17. The van der Waals surface area contributed by atoms with Crippen molar-refractivity contribution in [3.63, 3.8) is 0 Å². The summed E-state index contributed by atoms with van der Waals surface area (Å²) in [5, 5.41) is 21.3. The first-order valence-corrected chi connectivity index (χ1v) is 7.90. The third kappa shape index (κ3) is 3.43. The largest absolute Gasteiger partial charge is 0.544 e. The molecule has 0 aliphatic heterocycles. The molecule has 116 valence electrons. The van der Waals surface area contributed by atoms with Crippen LogP contribution >= 0.6 is 11.8 Å². The SMILES string of the molecule is CCc1nnc(S/C(=C\c2cccc3ccccc23)C(=O)[O-])o1. The van der Waals surface area contributed by atoms with Gasteiger partial charge in [0, 0.05) is 11.3 Å². The van der Waals surface area contributed by atoms with E-state index in [4.69, 9.17) is 4.42 Å². The first-order valence-electron chi connectivity index (χ1n) is 7.08. The first kappa shape index (κ1) is 15.3. The van der Waals surface area contributed by atoms with Gasteiger partial charge in [0.05, 0.1) is 5.97 Å². The van der Waals surface area contributed by atoms with Crippen LogP contribution in [0.3, 0.4) is 0 Å². The van der Waals surface area contributed by atoms with Crippen LogP contribution in [0.4, 0.5) is 0 Å². The van der Waals surface area contributed by atoms with Crippen LogP contribution in [0.2, 0.25) is 0 Å². The molecular formula is C17H13N2O3S-. The minimum absolute atomic E-state index is 0.0210. The van der Waals surface area contributed by atoms with Crippen LogP contribution in [-0.4, -0.2) is 16.2 Å². The molecule has 0 saturated heterocycles. The van der Waals surface area contributed by atoms with Gasteiger partial charge in [0.25, 0.3) is 5.22 Å². The van der Waals surface area contributed by atoms with Gasteiger partial charge in [-0.3, -0.25) is 0 Å². The molecule has 0 N–H and O–H groups in total. The second-order valence-electron chi connectivity index (χ2n) is 4.78. The Bertz CT molecular complexity index is 881. The van der Waals surface area contributed by atoms with Crippen LogP contribution in [0.1, 0.15) is 18.4 Å². The van der Waals surface area contributed by atoms with E-state index in [1.165, 1.54) is 0 Å². The normalized spacial score (nSPS) is 11.8. The average Bonchev–Trinajstić information content (AvgIpc) is 3.02. The molecule has 0 bridgehead atoms. The second kappa shape index (κ2) is 6.66. The summed E-state index contributed by atoms with van der Waals surface area (Å²) in [6, 6.07) is 13.5. The van der Waals surface area contributed by atoms with Crippen LogP contribution in [-0.2, 0) is 11.2 Å². The lowest BCUT2D eigenvalue weighted by molar-refractivity contribution is -0.298. The molecule has 0 unspecified atom stereocenters. The van der Waals surface area contributed by atoms with Crippen LogP contribution in [0.25, 0.3) is 16.8 Å². The smallest absolute Gasteiger partial charge is 0.281 e. The Kier molecular flexibility index (Phi) is 4.43. The predicted molar refractivity (Wildman–Crippen MR) is 86.5 cm³/mol. The molecule has 0 fully saturated rings. The summed E-state index contributed by atoms with van der Waals surface area (Å²) in [7, 11) is 0. The van der Waals surface area contributed by atoms with Crippen LogP contribution in [0.5, 0.6) is 0 Å². The highest BCUT2D eigenvalue weighted by Gasteiger charge is 2.10. The minimum atomic E-state index is -1.28. The topological polar surface area (TPSA) is 79.0 Å². The first-order chi connectivity index (χ1) is 11.2. The molecule has 0 saturated carbocycles. The van der Waals surface area contributed by atoms with Crippen molar-refractivity contribution < 1.29 is 14.3 Å². The molecule has 0 aliphatic rings. The van der Waals surface area contributed by atoms with Gasteiger partial charge in [-0.15, -0.1) is 10.2 Å². The Hall–Kier alpha value is -2.60. The van der Waals surface area contributed by atoms with Crippen molar-refractivity contribution in [1.82, 2.24) is 10.2 Å². The maximum absolute atomic E-state index is 11.4. The maximum atomic E-state index is 11.4. The van der Waals surface area contributed by atoms with Gasteiger partial charge in [-0.2, -0.15) is 0 Å². The number of carboxylic acid groups (broad SMARTS) is 1. The third-order valence-electron chi connectivity index (χ3n) is 3.26. The Morgan fingerprint density at radius 2 is 2.00 bits per heavy atom. The van der Waals surface area contributed by atoms with Crippen molar-refractivity contribution in [3.05, 3.63) is 58.8 Å². The lowest BCUT2D eigenvalue weighted by Crippen LogP contribution is -2.23. The highest BCUT2D eigenvalue weighted by molar-refractivity contribution is 8.03. The second-order valence-corrected chi connectivity index (χ2v) is 5.77. The van der Waals surface area contributed by atoms with Crippen LogP contribution < -0.4 is 5.11 Å². The Morgan fingerprint density at radius 3 is 2.74 bits per heavy atom. The summed E-state index contributed by atoms with van der Waals surface area (Å²) < 4.78 is 5.35. The number of rotatable bonds is 5. The van der Waals surface area contributed by atoms with E-state index in [9.17, 15) is 9.90 Å². The number of fused-ring (bicyclic) bond motifs is 1. The Morgan fingerprint density at radius 1 is 1.22 bits per heavy atom. The zero-order valence-corrected chi connectivity index (χ0v) is 13.2. The number of benzene rings is 2. The molecule has 6 heteroatoms. The molecular weight excluding hydrogens is 312 g/mol. The standard InChI is InChI=1S/C17H14N2O3S/c1-2-15-18-19-17(22-15)23-14(16(20)21)10-12-8-5-7-11-6-3-4-9-13(11)12/h3-10H,2H2,1H3,(H,20,21)/p-1/b14-10-. The van der Waals surface area contributed by atoms with Gasteiger partial charge in [0.1, 0.15) is 0 Å². The number of hydrogen-bond donors (Lipinski definition) is 0. The van der Waals surface area contributed by atoms with Crippen molar-refractivity contribution in [2.24, 2.45) is 0 Å². The Labute approximate surface area is 137 Å². The van der Waals surface area contributed by atoms with E-state index in [-0.39, 0.29) is 10.1 Å². The number of aromatic nitrogens is 2. The maximum Gasteiger partial charge on any atom is 0.281 e. The number of aliphatic carboxylic acids is 1. The van der Waals surface area contributed by atoms with E-state index in [1.807, 2.05) is 49.4 Å². The van der Waals surface area contributed by atoms with Gasteiger partial charge >= 0.3 is 0 Å². The van der Waals surface area contributed by atoms with Crippen LogP contribution in [0, 0.1) is 0 Å². The number of carbonyl (C=O) groups is 1. The van der Waals surface area contributed by atoms with Gasteiger partial charge in [0.15, 0.2) is 0 Å². The summed E-state index contributed by atoms with van der Waals surface area (Å²) in [5.41, 5.74) is 0.796. The van der Waals surface area contributed by atoms with Gasteiger partial charge < -0.3 is 14.3 Å². The minimum Gasteiger partial charge on any atom is -0.544 e. The van der Waals surface area contributed by atoms with Crippen LogP contribution in [0.15, 0.2) is 57.0 Å². The zero-order valence-electron chi connectivity index (χ0n) is 12.4. The summed E-state index contributed by atoms with van der Waals surface area (Å²) >= 11 is 0.895. The predicted octanol–water partition coefficient (Wildman–Crippen LogP) is 2.67. The van der Waals surface area contributed by atoms with Gasteiger partial charge in [-0.25, -0.2) is 0 Å². The van der Waals surface area contributed by atoms with Crippen molar-refractivity contribution in [1.29, 1.82) is 0 Å². The van der Waals surface area contributed by atoms with E-state index < -0.39 is 5.97 Å². The average molecular weight is 325 g/mol. The van der Waals surface area contributed by atoms with E-state index in [0.29, 0.717) is 12.3 Å². The molecule has 0 spiro atoms. The van der Waals surface area contributed by atoms with Gasteiger partial charge in [0.2, 0.25) is 5.89 Å². The molecule has 3 rings (SSSR count). The number of thioether (sulfide) groups is 1. The number of carbonyl (C=O) groups excluding carboxylic acids is 1. The molecule has 2 aromatic carbocycles. The highest BCUT2D eigenvalue weighted by atomic mass is 32.2. The van der Waals surface area contributed by atoms with Crippen molar-refractivity contribution in [3.8, 4) is 0 Å². The fraction of sp³-hybridized carbons (Fsp3) is 0.118. The number of aryl methyl sites for hydroxylation is 1. The molecule has 0 aliphatic carbocycles. The molecule has 0 atom stereocenters. The highest BCUT2D eigenvalue weighted by Crippen LogP contribution is 2.29. The number of hydrogen-bond acceptors (Lipinski definition) is 6. The number of nitrogens with zero attached hydrogens (tertiary/aromatic N) is 2. The fourth-order valence-corrected chi connectivity index (χ4v) is 2.84. The van der Waals surface area contributed by atoms with Gasteiger partial charge in [-0.05, 0) is 34.2 Å². The quantitative estimate of drug-likeness (QED) is 0.530. The third-order valence-corrected chi connectivity index (χ3v) is 4.10. The molecule has 0 amide bonds. The molecule has 0 radical (unpaired) electrons. The van der Waals surface area contributed by atoms with Crippen molar-refractivity contribution in [2.45, 2.75) is 18.6 Å². The van der Waals surface area contributed by atoms with Crippen molar-refractivity contribution >= 4 is 34.6 Å². The lowest BCUT2D eigenvalue weighted by Gasteiger charge is -2.07. The van der Waals surface area contributed by atoms with Gasteiger partial charge in [-0.1, -0.05) is 49.4 Å². The molecule has 23 heavy (non-hydrogen) atoms. The van der Waals surface area contributed by atoms with E-state index in [0.717, 1.165) is 28.1 Å². The lowest BCUT2D eigenvalue weighted by atomic mass is 10.0. The van der Waals surface area contributed by atoms with E-state index in [1.54, 1.807) is 6.08 Å². The molecule has 1 heterocycles. The Balaban J connectivity index is 1.99. The summed E-state index contributed by atoms with van der Waals surface area (Å²) in [5.74, 6) is -0.811. The summed E-state index contributed by atoms with van der Waals surface area (Å²) in [4.78, 5) is 11.5. The summed E-state index contributed by atoms with van der Waals surface area (Å²) in [6.45, 7) is 1.88. The van der Waals surface area contributed by atoms with E-state index in [2.05, 4.69) is 10.2 Å². The monoisotopic (exact) mass is 325 g/mol. The molecule has 3 aromatic rings. The van der Waals surface area contributed by atoms with Crippen molar-refractivity contribution in [2.75, 3.05) is 0 Å². The number of carboxylic acids is 1. The molecule has 5 nitrogen and oxygen atoms in total. The molecule has 1 aromatic heterocycles. The zero-order chi connectivity index (χ0) is 16.2. The van der Waals surface area contributed by atoms with E-state index >= 15 is 0 Å².